The smallest absolute Gasteiger partial charge is 0.135 e. The summed E-state index contributed by atoms with van der Waals surface area (Å²) in [6, 6.07) is 14.0. The van der Waals surface area contributed by atoms with Gasteiger partial charge < -0.3 is 9.80 Å². The molecule has 0 spiro atoms. The largest absolute Gasteiger partial charge is 0.383 e. The zero-order chi connectivity index (χ0) is 14.5. The molecule has 1 saturated heterocycles. The van der Waals surface area contributed by atoms with Crippen molar-refractivity contribution in [2.45, 2.75) is 0 Å². The van der Waals surface area contributed by atoms with Crippen LogP contribution in [0.3, 0.4) is 0 Å². The first-order valence-corrected chi connectivity index (χ1v) is 6.36. The van der Waals surface area contributed by atoms with Crippen LogP contribution in [0.2, 0.25) is 0 Å². The second kappa shape index (κ2) is 5.95. The molecule has 20 heavy (non-hydrogen) atoms. The highest BCUT2D eigenvalue weighted by Crippen LogP contribution is 2.29. The Labute approximate surface area is 119 Å². The molecular weight excluding hydrogens is 248 g/mol. The monoisotopic (exact) mass is 264 g/mol. The van der Waals surface area contributed by atoms with E-state index in [1.165, 1.54) is 0 Å². The average Bonchev–Trinajstić information content (AvgIpc) is 2.84. The van der Waals surface area contributed by atoms with Gasteiger partial charge in [0.25, 0.3) is 0 Å². The molecule has 0 aliphatic carbocycles. The van der Waals surface area contributed by atoms with E-state index in [0.29, 0.717) is 13.1 Å². The molecule has 4 nitrogen and oxygen atoms in total. The lowest BCUT2D eigenvalue weighted by molar-refractivity contribution is 0.559. The molecule has 0 radical (unpaired) electrons. The summed E-state index contributed by atoms with van der Waals surface area (Å²) in [5, 5.41) is 18.2. The second-order valence-electron chi connectivity index (χ2n) is 4.89. The molecule has 4 heteroatoms. The van der Waals surface area contributed by atoms with E-state index in [1.807, 2.05) is 67.7 Å². The average molecular weight is 264 g/mol. The summed E-state index contributed by atoms with van der Waals surface area (Å²) >= 11 is 0. The van der Waals surface area contributed by atoms with Gasteiger partial charge in [0.05, 0.1) is 0 Å². The minimum atomic E-state index is 0.205. The van der Waals surface area contributed by atoms with Crippen LogP contribution in [0.15, 0.2) is 53.3 Å². The van der Waals surface area contributed by atoms with Crippen molar-refractivity contribution in [3.63, 3.8) is 0 Å². The lowest BCUT2D eigenvalue weighted by Crippen LogP contribution is -2.18. The van der Waals surface area contributed by atoms with E-state index in [0.717, 1.165) is 16.8 Å². The van der Waals surface area contributed by atoms with Crippen LogP contribution in [0, 0.1) is 22.7 Å². The first-order valence-electron chi connectivity index (χ1n) is 6.36. The maximum absolute atomic E-state index is 9.11. The van der Waals surface area contributed by atoms with Gasteiger partial charge in [-0.05, 0) is 17.7 Å². The first kappa shape index (κ1) is 13.7. The number of allylic oxidation sites excluding steroid dienone is 1. The number of benzene rings is 1. The van der Waals surface area contributed by atoms with Gasteiger partial charge in [0.2, 0.25) is 0 Å². The number of hydrogen-bond donors (Lipinski definition) is 0. The zero-order valence-corrected chi connectivity index (χ0v) is 11.7. The van der Waals surface area contributed by atoms with E-state index in [1.54, 1.807) is 0 Å². The second-order valence-corrected chi connectivity index (χ2v) is 4.89. The minimum Gasteiger partial charge on any atom is -0.383 e. The Balaban J connectivity index is 2.41. The van der Waals surface area contributed by atoms with Crippen molar-refractivity contribution in [2.24, 2.45) is 0 Å². The minimum absolute atomic E-state index is 0.205. The number of nitriles is 2. The van der Waals surface area contributed by atoms with E-state index < -0.39 is 0 Å². The van der Waals surface area contributed by atoms with Gasteiger partial charge in [-0.15, -0.1) is 0 Å². The van der Waals surface area contributed by atoms with Gasteiger partial charge in [0.1, 0.15) is 17.7 Å². The molecule has 2 rings (SSSR count). The lowest BCUT2D eigenvalue weighted by atomic mass is 10.1. The molecule has 1 aliphatic heterocycles. The standard InChI is InChI=1S/C16H16N4/c1-19(2)10-14-11-20(15-6-4-3-5-7-15)12-16(14)13(8-17)9-18/h3-7,10H,11-12H2,1-2H3. The van der Waals surface area contributed by atoms with Crippen molar-refractivity contribution in [1.29, 1.82) is 10.5 Å². The third-order valence-corrected chi connectivity index (χ3v) is 3.16. The molecule has 1 heterocycles. The Morgan fingerprint density at radius 2 is 1.80 bits per heavy atom. The Hall–Kier alpha value is -2.72. The van der Waals surface area contributed by atoms with Gasteiger partial charge in [-0.2, -0.15) is 10.5 Å². The van der Waals surface area contributed by atoms with Crippen molar-refractivity contribution < 1.29 is 0 Å². The number of hydrogen-bond acceptors (Lipinski definition) is 4. The predicted molar refractivity (Wildman–Crippen MR) is 78.7 cm³/mol. The molecule has 100 valence electrons. The van der Waals surface area contributed by atoms with Gasteiger partial charge >= 0.3 is 0 Å². The van der Waals surface area contributed by atoms with Crippen LogP contribution < -0.4 is 4.90 Å². The first-order chi connectivity index (χ1) is 9.65. The van der Waals surface area contributed by atoms with Crippen molar-refractivity contribution in [3.05, 3.63) is 53.3 Å². The highest BCUT2D eigenvalue weighted by atomic mass is 15.2. The third-order valence-electron chi connectivity index (χ3n) is 3.16. The topological polar surface area (TPSA) is 54.1 Å². The highest BCUT2D eigenvalue weighted by Gasteiger charge is 2.25. The van der Waals surface area contributed by atoms with E-state index in [9.17, 15) is 0 Å². The number of para-hydroxylation sites is 1. The van der Waals surface area contributed by atoms with E-state index in [4.69, 9.17) is 10.5 Å². The number of nitrogens with zero attached hydrogens (tertiary/aromatic N) is 4. The molecule has 1 aliphatic rings. The van der Waals surface area contributed by atoms with Gasteiger partial charge in [0.15, 0.2) is 0 Å². The van der Waals surface area contributed by atoms with Crippen LogP contribution in [0.5, 0.6) is 0 Å². The van der Waals surface area contributed by atoms with Crippen molar-refractivity contribution in [1.82, 2.24) is 4.90 Å². The maximum Gasteiger partial charge on any atom is 0.135 e. The Morgan fingerprint density at radius 1 is 1.15 bits per heavy atom. The fourth-order valence-corrected chi connectivity index (χ4v) is 2.30. The summed E-state index contributed by atoms with van der Waals surface area (Å²) in [6.45, 7) is 1.31. The summed E-state index contributed by atoms with van der Waals surface area (Å²) in [4.78, 5) is 4.11. The van der Waals surface area contributed by atoms with Crippen LogP contribution in [0.25, 0.3) is 0 Å². The molecule has 0 amide bonds. The summed E-state index contributed by atoms with van der Waals surface area (Å²) < 4.78 is 0. The molecule has 0 bridgehead atoms. The SMILES string of the molecule is CN(C)C=C1CN(c2ccccc2)CC1=C(C#N)C#N. The quantitative estimate of drug-likeness (QED) is 0.769. The molecular formula is C16H16N4. The van der Waals surface area contributed by atoms with Crippen LogP contribution in [0.1, 0.15) is 0 Å². The molecule has 1 aromatic rings. The van der Waals surface area contributed by atoms with Crippen molar-refractivity contribution >= 4 is 5.69 Å². The Kier molecular flexibility index (Phi) is 4.08. The van der Waals surface area contributed by atoms with E-state index in [2.05, 4.69) is 4.90 Å². The summed E-state index contributed by atoms with van der Waals surface area (Å²) in [5.41, 5.74) is 3.16. The van der Waals surface area contributed by atoms with Crippen LogP contribution in [-0.2, 0) is 0 Å². The normalized spacial score (nSPS) is 15.9. The van der Waals surface area contributed by atoms with E-state index in [-0.39, 0.29) is 5.57 Å². The van der Waals surface area contributed by atoms with E-state index >= 15 is 0 Å². The molecule has 0 atom stereocenters. The summed E-state index contributed by atoms with van der Waals surface area (Å²) in [7, 11) is 3.88. The Bertz CT molecular complexity index is 611. The highest BCUT2D eigenvalue weighted by molar-refractivity contribution is 5.61. The van der Waals surface area contributed by atoms with Crippen LogP contribution in [-0.4, -0.2) is 32.1 Å². The summed E-state index contributed by atoms with van der Waals surface area (Å²) in [6.07, 6.45) is 1.98. The van der Waals surface area contributed by atoms with Gasteiger partial charge in [-0.1, -0.05) is 18.2 Å². The zero-order valence-electron chi connectivity index (χ0n) is 11.7. The van der Waals surface area contributed by atoms with Crippen molar-refractivity contribution in [2.75, 3.05) is 32.1 Å². The molecule has 0 unspecified atom stereocenters. The van der Waals surface area contributed by atoms with Crippen LogP contribution >= 0.6 is 0 Å². The molecule has 0 aromatic heterocycles. The summed E-state index contributed by atoms with van der Waals surface area (Å²) in [5.74, 6) is 0. The third kappa shape index (κ3) is 2.81. The van der Waals surface area contributed by atoms with Gasteiger partial charge in [0, 0.05) is 44.6 Å². The fraction of sp³-hybridized carbons (Fsp3) is 0.250. The maximum atomic E-state index is 9.11. The van der Waals surface area contributed by atoms with Crippen molar-refractivity contribution in [3.8, 4) is 12.1 Å². The molecule has 0 saturated carbocycles. The fourth-order valence-electron chi connectivity index (χ4n) is 2.30. The predicted octanol–water partition coefficient (Wildman–Crippen LogP) is 2.30. The number of anilines is 1. The molecule has 1 aromatic carbocycles. The van der Waals surface area contributed by atoms with Crippen LogP contribution in [0.4, 0.5) is 5.69 Å². The Morgan fingerprint density at radius 3 is 2.35 bits per heavy atom. The molecule has 1 fully saturated rings. The van der Waals surface area contributed by atoms with Gasteiger partial charge in [-0.25, -0.2) is 0 Å². The lowest BCUT2D eigenvalue weighted by Gasteiger charge is -2.16. The number of rotatable bonds is 2. The molecule has 0 N–H and O–H groups in total. The van der Waals surface area contributed by atoms with Gasteiger partial charge in [-0.3, -0.25) is 0 Å².